The molecule has 0 amide bonds. The Labute approximate surface area is 97.0 Å². The van der Waals surface area contributed by atoms with E-state index in [9.17, 15) is 0 Å². The van der Waals surface area contributed by atoms with Crippen molar-refractivity contribution in [1.82, 2.24) is 5.32 Å². The summed E-state index contributed by atoms with van der Waals surface area (Å²) < 4.78 is 1.16. The second kappa shape index (κ2) is 3.75. The average molecular weight is 308 g/mol. The molecule has 1 aromatic rings. The van der Waals surface area contributed by atoms with Crippen LogP contribution in [0.15, 0.2) is 12.1 Å². The van der Waals surface area contributed by atoms with Crippen LogP contribution in [0.4, 0.5) is 0 Å². The summed E-state index contributed by atoms with van der Waals surface area (Å²) in [7, 11) is 2.01. The van der Waals surface area contributed by atoms with E-state index in [0.717, 1.165) is 21.4 Å². The Hall–Kier alpha value is 0.200. The van der Waals surface area contributed by atoms with Gasteiger partial charge in [0.2, 0.25) is 0 Å². The highest BCUT2D eigenvalue weighted by atomic mass is 127. The van der Waals surface area contributed by atoms with Crippen LogP contribution < -0.4 is 5.32 Å². The molecule has 1 aliphatic rings. The molecule has 13 heavy (non-hydrogen) atoms. The van der Waals surface area contributed by atoms with Gasteiger partial charge in [-0.15, -0.1) is 0 Å². The Balaban J connectivity index is 2.40. The zero-order valence-electron chi connectivity index (χ0n) is 7.40. The fourth-order valence-electron chi connectivity index (χ4n) is 1.83. The van der Waals surface area contributed by atoms with Gasteiger partial charge in [-0.05, 0) is 59.7 Å². The van der Waals surface area contributed by atoms with Crippen LogP contribution in [0.3, 0.4) is 0 Å². The van der Waals surface area contributed by atoms with Crippen molar-refractivity contribution >= 4 is 34.2 Å². The maximum atomic E-state index is 6.23. The molecule has 1 aromatic carbocycles. The molecule has 1 atom stereocenters. The summed E-state index contributed by atoms with van der Waals surface area (Å²) in [6.45, 7) is 0. The van der Waals surface area contributed by atoms with Crippen LogP contribution in [0.1, 0.15) is 11.1 Å². The van der Waals surface area contributed by atoms with Crippen molar-refractivity contribution < 1.29 is 0 Å². The summed E-state index contributed by atoms with van der Waals surface area (Å²) >= 11 is 8.51. The number of hydrogen-bond donors (Lipinski definition) is 1. The monoisotopic (exact) mass is 307 g/mol. The Morgan fingerprint density at radius 2 is 2.23 bits per heavy atom. The van der Waals surface area contributed by atoms with Crippen LogP contribution in [-0.2, 0) is 12.8 Å². The molecule has 2 rings (SSSR count). The van der Waals surface area contributed by atoms with Gasteiger partial charge in [-0.1, -0.05) is 17.7 Å². The van der Waals surface area contributed by atoms with E-state index < -0.39 is 0 Å². The van der Waals surface area contributed by atoms with Crippen LogP contribution in [0.5, 0.6) is 0 Å². The second-order valence-corrected chi connectivity index (χ2v) is 4.93. The van der Waals surface area contributed by atoms with Crippen molar-refractivity contribution in [3.8, 4) is 0 Å². The number of nitrogens with one attached hydrogen (secondary N) is 1. The summed E-state index contributed by atoms with van der Waals surface area (Å²) in [4.78, 5) is 0. The average Bonchev–Trinajstić information content (AvgIpc) is 2.55. The summed E-state index contributed by atoms with van der Waals surface area (Å²) in [5.74, 6) is 0. The second-order valence-electron chi connectivity index (χ2n) is 3.39. The molecule has 1 N–H and O–H groups in total. The highest BCUT2D eigenvalue weighted by molar-refractivity contribution is 14.1. The minimum Gasteiger partial charge on any atom is -0.316 e. The highest BCUT2D eigenvalue weighted by Gasteiger charge is 2.22. The molecule has 0 radical (unpaired) electrons. The predicted octanol–water partition coefficient (Wildman–Crippen LogP) is 2.63. The van der Waals surface area contributed by atoms with Gasteiger partial charge >= 0.3 is 0 Å². The smallest absolute Gasteiger partial charge is 0.0574 e. The van der Waals surface area contributed by atoms with Gasteiger partial charge < -0.3 is 5.32 Å². The lowest BCUT2D eigenvalue weighted by Gasteiger charge is -2.05. The lowest BCUT2D eigenvalue weighted by atomic mass is 10.1. The zero-order valence-corrected chi connectivity index (χ0v) is 10.3. The zero-order chi connectivity index (χ0) is 9.42. The molecule has 1 nitrogen and oxygen atoms in total. The lowest BCUT2D eigenvalue weighted by molar-refractivity contribution is 0.593. The topological polar surface area (TPSA) is 12.0 Å². The van der Waals surface area contributed by atoms with Gasteiger partial charge in [-0.2, -0.15) is 0 Å². The van der Waals surface area contributed by atoms with Crippen LogP contribution in [0.25, 0.3) is 0 Å². The van der Waals surface area contributed by atoms with Crippen molar-refractivity contribution in [2.45, 2.75) is 18.9 Å². The number of likely N-dealkylation sites (N-methyl/N-ethyl adjacent to an activating group) is 1. The molecule has 1 unspecified atom stereocenters. The molecule has 0 heterocycles. The van der Waals surface area contributed by atoms with Crippen molar-refractivity contribution in [3.05, 3.63) is 31.9 Å². The number of rotatable bonds is 1. The largest absolute Gasteiger partial charge is 0.316 e. The van der Waals surface area contributed by atoms with Crippen molar-refractivity contribution in [2.75, 3.05) is 7.05 Å². The van der Waals surface area contributed by atoms with E-state index in [1.54, 1.807) is 0 Å². The van der Waals surface area contributed by atoms with Crippen LogP contribution >= 0.6 is 34.2 Å². The summed E-state index contributed by atoms with van der Waals surface area (Å²) in [5.41, 5.74) is 2.75. The van der Waals surface area contributed by atoms with Crippen molar-refractivity contribution in [1.29, 1.82) is 0 Å². The molecule has 0 saturated carbocycles. The normalized spacial score (nSPS) is 20.4. The van der Waals surface area contributed by atoms with Crippen LogP contribution in [0.2, 0.25) is 5.02 Å². The molecular weight excluding hydrogens is 296 g/mol. The van der Waals surface area contributed by atoms with E-state index in [2.05, 4.69) is 40.0 Å². The van der Waals surface area contributed by atoms with Crippen LogP contribution in [0, 0.1) is 3.57 Å². The van der Waals surface area contributed by atoms with E-state index >= 15 is 0 Å². The first-order chi connectivity index (χ1) is 6.22. The molecule has 0 aliphatic heterocycles. The van der Waals surface area contributed by atoms with E-state index in [1.807, 2.05) is 7.05 Å². The number of benzene rings is 1. The van der Waals surface area contributed by atoms with Crippen molar-refractivity contribution in [2.24, 2.45) is 0 Å². The SMILES string of the molecule is CNC1Cc2ccc(I)c(Cl)c2C1. The standard InChI is InChI=1S/C10H11ClIN/c1-13-7-4-6-2-3-9(12)10(11)8(6)5-7/h2-3,7,13H,4-5H2,1H3. The molecule has 0 spiro atoms. The minimum atomic E-state index is 0.575. The maximum Gasteiger partial charge on any atom is 0.0574 e. The van der Waals surface area contributed by atoms with Gasteiger partial charge in [0.15, 0.2) is 0 Å². The Kier molecular flexibility index (Phi) is 2.81. The molecule has 0 bridgehead atoms. The summed E-state index contributed by atoms with van der Waals surface area (Å²) in [5, 5.41) is 4.25. The number of hydrogen-bond acceptors (Lipinski definition) is 1. The molecule has 1 aliphatic carbocycles. The maximum absolute atomic E-state index is 6.23. The van der Waals surface area contributed by atoms with Gasteiger partial charge in [0, 0.05) is 9.61 Å². The predicted molar refractivity (Wildman–Crippen MR) is 64.4 cm³/mol. The number of fused-ring (bicyclic) bond motifs is 1. The van der Waals surface area contributed by atoms with Crippen molar-refractivity contribution in [3.63, 3.8) is 0 Å². The molecule has 0 fully saturated rings. The molecular formula is C10H11ClIN. The van der Waals surface area contributed by atoms with Gasteiger partial charge in [-0.25, -0.2) is 0 Å². The first-order valence-electron chi connectivity index (χ1n) is 4.35. The first kappa shape index (κ1) is 9.74. The Morgan fingerprint density at radius 1 is 1.46 bits per heavy atom. The Morgan fingerprint density at radius 3 is 2.92 bits per heavy atom. The Bertz CT molecular complexity index is 338. The van der Waals surface area contributed by atoms with E-state index in [0.29, 0.717) is 6.04 Å². The summed E-state index contributed by atoms with van der Waals surface area (Å²) in [6, 6.07) is 4.87. The molecule has 3 heteroatoms. The lowest BCUT2D eigenvalue weighted by Crippen LogP contribution is -2.24. The fraction of sp³-hybridized carbons (Fsp3) is 0.400. The van der Waals surface area contributed by atoms with E-state index in [1.165, 1.54) is 11.1 Å². The third-order valence-electron chi connectivity index (χ3n) is 2.62. The quantitative estimate of drug-likeness (QED) is 0.787. The molecule has 0 aromatic heterocycles. The third kappa shape index (κ3) is 1.72. The van der Waals surface area contributed by atoms with Gasteiger partial charge in [-0.3, -0.25) is 0 Å². The van der Waals surface area contributed by atoms with Gasteiger partial charge in [0.1, 0.15) is 0 Å². The first-order valence-corrected chi connectivity index (χ1v) is 5.81. The number of halogens is 2. The minimum absolute atomic E-state index is 0.575. The van der Waals surface area contributed by atoms with E-state index in [-0.39, 0.29) is 0 Å². The fourth-order valence-corrected chi connectivity index (χ4v) is 2.60. The molecule has 70 valence electrons. The molecule has 0 saturated heterocycles. The van der Waals surface area contributed by atoms with Gasteiger partial charge in [0.05, 0.1) is 5.02 Å². The van der Waals surface area contributed by atoms with Gasteiger partial charge in [0.25, 0.3) is 0 Å². The van der Waals surface area contributed by atoms with E-state index in [4.69, 9.17) is 11.6 Å². The third-order valence-corrected chi connectivity index (χ3v) is 4.27. The summed E-state index contributed by atoms with van der Waals surface area (Å²) in [6.07, 6.45) is 2.18. The highest BCUT2D eigenvalue weighted by Crippen LogP contribution is 2.32. The van der Waals surface area contributed by atoms with Crippen LogP contribution in [-0.4, -0.2) is 13.1 Å².